The molecule has 0 amide bonds. The molecule has 0 aliphatic heterocycles. The van der Waals surface area contributed by atoms with Crippen molar-refractivity contribution < 1.29 is 9.90 Å². The molecule has 1 atom stereocenters. The van der Waals surface area contributed by atoms with Gasteiger partial charge < -0.3 is 10.4 Å². The van der Waals surface area contributed by atoms with E-state index >= 15 is 0 Å². The minimum absolute atomic E-state index is 0.0933. The van der Waals surface area contributed by atoms with Crippen LogP contribution in [0.3, 0.4) is 0 Å². The average molecular weight is 194 g/mol. The summed E-state index contributed by atoms with van der Waals surface area (Å²) < 4.78 is 0. The van der Waals surface area contributed by atoms with Gasteiger partial charge in [-0.05, 0) is 25.5 Å². The van der Waals surface area contributed by atoms with Gasteiger partial charge in [0.1, 0.15) is 5.82 Å². The molecule has 14 heavy (non-hydrogen) atoms. The Morgan fingerprint density at radius 1 is 1.71 bits per heavy atom. The van der Waals surface area contributed by atoms with Gasteiger partial charge in [-0.1, -0.05) is 6.07 Å². The van der Waals surface area contributed by atoms with E-state index in [2.05, 4.69) is 10.3 Å². The minimum atomic E-state index is -0.807. The fraction of sp³-hybridized carbons (Fsp3) is 0.400. The average Bonchev–Trinajstić information content (AvgIpc) is 2.07. The Hall–Kier alpha value is -1.58. The number of anilines is 1. The second-order valence-corrected chi connectivity index (χ2v) is 3.31. The third kappa shape index (κ3) is 3.05. The molecule has 1 aromatic rings. The topological polar surface area (TPSA) is 62.2 Å². The van der Waals surface area contributed by atoms with Gasteiger partial charge in [0, 0.05) is 12.2 Å². The van der Waals surface area contributed by atoms with Crippen LogP contribution in [0.2, 0.25) is 0 Å². The van der Waals surface area contributed by atoms with Crippen LogP contribution in [-0.4, -0.2) is 22.1 Å². The van der Waals surface area contributed by atoms with Crippen LogP contribution >= 0.6 is 0 Å². The maximum Gasteiger partial charge on any atom is 0.305 e. The lowest BCUT2D eigenvalue weighted by molar-refractivity contribution is -0.137. The van der Waals surface area contributed by atoms with Crippen LogP contribution in [0.4, 0.5) is 5.82 Å². The molecule has 2 N–H and O–H groups in total. The standard InChI is InChI=1S/C10H14N2O2/c1-7-4-3-5-11-10(7)12-8(2)6-9(13)14/h3-5,8H,6H2,1-2H3,(H,11,12)(H,13,14). The lowest BCUT2D eigenvalue weighted by Gasteiger charge is -2.13. The van der Waals surface area contributed by atoms with Crippen LogP contribution in [0.15, 0.2) is 18.3 Å². The zero-order valence-electron chi connectivity index (χ0n) is 8.32. The van der Waals surface area contributed by atoms with Gasteiger partial charge in [-0.2, -0.15) is 0 Å². The number of aromatic nitrogens is 1. The van der Waals surface area contributed by atoms with E-state index in [1.165, 1.54) is 0 Å². The number of aryl methyl sites for hydroxylation is 1. The molecular weight excluding hydrogens is 180 g/mol. The Morgan fingerprint density at radius 3 is 3.00 bits per heavy atom. The summed E-state index contributed by atoms with van der Waals surface area (Å²) in [6.45, 7) is 3.76. The highest BCUT2D eigenvalue weighted by Crippen LogP contribution is 2.11. The highest BCUT2D eigenvalue weighted by Gasteiger charge is 2.08. The highest BCUT2D eigenvalue weighted by atomic mass is 16.4. The Kier molecular flexibility index (Phi) is 3.45. The SMILES string of the molecule is Cc1cccnc1NC(C)CC(=O)O. The molecule has 0 fully saturated rings. The summed E-state index contributed by atoms with van der Waals surface area (Å²) in [6.07, 6.45) is 1.78. The maximum absolute atomic E-state index is 10.4. The molecule has 0 saturated carbocycles. The van der Waals surface area contributed by atoms with Crippen LogP contribution < -0.4 is 5.32 Å². The van der Waals surface area contributed by atoms with E-state index in [0.717, 1.165) is 11.4 Å². The van der Waals surface area contributed by atoms with Crippen molar-refractivity contribution in [1.82, 2.24) is 4.98 Å². The molecule has 4 nitrogen and oxygen atoms in total. The number of rotatable bonds is 4. The summed E-state index contributed by atoms with van der Waals surface area (Å²) in [7, 11) is 0. The molecular formula is C10H14N2O2. The molecule has 0 radical (unpaired) electrons. The molecule has 0 aromatic carbocycles. The van der Waals surface area contributed by atoms with Crippen molar-refractivity contribution in [2.45, 2.75) is 26.3 Å². The fourth-order valence-electron chi connectivity index (χ4n) is 1.18. The first kappa shape index (κ1) is 10.5. The number of hydrogen-bond donors (Lipinski definition) is 2. The fourth-order valence-corrected chi connectivity index (χ4v) is 1.18. The van der Waals surface area contributed by atoms with Gasteiger partial charge in [-0.25, -0.2) is 4.98 Å². The Balaban J connectivity index is 2.60. The van der Waals surface area contributed by atoms with Crippen molar-refractivity contribution in [3.8, 4) is 0 Å². The number of carboxylic acid groups (broad SMARTS) is 1. The molecule has 1 rings (SSSR count). The van der Waals surface area contributed by atoms with Crippen LogP contribution in [0.5, 0.6) is 0 Å². The van der Waals surface area contributed by atoms with E-state index in [9.17, 15) is 4.79 Å². The first-order valence-electron chi connectivity index (χ1n) is 4.49. The summed E-state index contributed by atoms with van der Waals surface area (Å²) in [5.74, 6) is -0.0557. The highest BCUT2D eigenvalue weighted by molar-refractivity contribution is 5.68. The van der Waals surface area contributed by atoms with Crippen molar-refractivity contribution in [2.75, 3.05) is 5.32 Å². The molecule has 0 aliphatic carbocycles. The third-order valence-corrected chi connectivity index (χ3v) is 1.87. The summed E-state index contributed by atoms with van der Waals surface area (Å²) in [6, 6.07) is 3.67. The number of carbonyl (C=O) groups is 1. The predicted molar refractivity (Wildman–Crippen MR) is 54.3 cm³/mol. The minimum Gasteiger partial charge on any atom is -0.481 e. The quantitative estimate of drug-likeness (QED) is 0.765. The molecule has 0 spiro atoms. The van der Waals surface area contributed by atoms with E-state index in [1.807, 2.05) is 26.0 Å². The van der Waals surface area contributed by atoms with Crippen molar-refractivity contribution in [3.63, 3.8) is 0 Å². The Labute approximate surface area is 83.0 Å². The molecule has 4 heteroatoms. The molecule has 0 bridgehead atoms. The lowest BCUT2D eigenvalue weighted by atomic mass is 10.2. The number of pyridine rings is 1. The van der Waals surface area contributed by atoms with Gasteiger partial charge in [-0.3, -0.25) is 4.79 Å². The predicted octanol–water partition coefficient (Wildman–Crippen LogP) is 1.67. The lowest BCUT2D eigenvalue weighted by Crippen LogP contribution is -2.20. The number of aliphatic carboxylic acids is 1. The van der Waals surface area contributed by atoms with Crippen molar-refractivity contribution in [1.29, 1.82) is 0 Å². The van der Waals surface area contributed by atoms with Gasteiger partial charge in [0.05, 0.1) is 6.42 Å². The number of nitrogens with zero attached hydrogens (tertiary/aromatic N) is 1. The Bertz CT molecular complexity index is 326. The molecule has 0 aliphatic rings. The summed E-state index contributed by atoms with van der Waals surface area (Å²) in [4.78, 5) is 14.5. The molecule has 1 aromatic heterocycles. The third-order valence-electron chi connectivity index (χ3n) is 1.87. The zero-order chi connectivity index (χ0) is 10.6. The second kappa shape index (κ2) is 4.60. The number of carboxylic acids is 1. The van der Waals surface area contributed by atoms with Crippen LogP contribution in [-0.2, 0) is 4.79 Å². The first-order chi connectivity index (χ1) is 6.59. The van der Waals surface area contributed by atoms with Crippen molar-refractivity contribution in [2.24, 2.45) is 0 Å². The van der Waals surface area contributed by atoms with E-state index in [1.54, 1.807) is 6.20 Å². The van der Waals surface area contributed by atoms with Gasteiger partial charge in [0.25, 0.3) is 0 Å². The van der Waals surface area contributed by atoms with Crippen LogP contribution in [0.25, 0.3) is 0 Å². The Morgan fingerprint density at radius 2 is 2.43 bits per heavy atom. The van der Waals surface area contributed by atoms with Gasteiger partial charge >= 0.3 is 5.97 Å². The van der Waals surface area contributed by atoms with E-state index in [0.29, 0.717) is 0 Å². The number of hydrogen-bond acceptors (Lipinski definition) is 3. The molecule has 1 unspecified atom stereocenters. The summed E-state index contributed by atoms with van der Waals surface area (Å²) in [5.41, 5.74) is 1.02. The second-order valence-electron chi connectivity index (χ2n) is 3.31. The van der Waals surface area contributed by atoms with Crippen LogP contribution in [0.1, 0.15) is 18.9 Å². The van der Waals surface area contributed by atoms with E-state index in [-0.39, 0.29) is 12.5 Å². The van der Waals surface area contributed by atoms with Crippen LogP contribution in [0, 0.1) is 6.92 Å². The largest absolute Gasteiger partial charge is 0.481 e. The van der Waals surface area contributed by atoms with Crippen molar-refractivity contribution in [3.05, 3.63) is 23.9 Å². The zero-order valence-corrected chi connectivity index (χ0v) is 8.32. The van der Waals surface area contributed by atoms with E-state index in [4.69, 9.17) is 5.11 Å². The van der Waals surface area contributed by atoms with Gasteiger partial charge in [0.2, 0.25) is 0 Å². The maximum atomic E-state index is 10.4. The van der Waals surface area contributed by atoms with Gasteiger partial charge in [-0.15, -0.1) is 0 Å². The molecule has 0 saturated heterocycles. The summed E-state index contributed by atoms with van der Waals surface area (Å²) in [5, 5.41) is 11.6. The van der Waals surface area contributed by atoms with Gasteiger partial charge in [0.15, 0.2) is 0 Å². The first-order valence-corrected chi connectivity index (χ1v) is 4.49. The monoisotopic (exact) mass is 194 g/mol. The summed E-state index contributed by atoms with van der Waals surface area (Å²) >= 11 is 0. The van der Waals surface area contributed by atoms with E-state index < -0.39 is 5.97 Å². The molecule has 1 heterocycles. The number of nitrogens with one attached hydrogen (secondary N) is 1. The smallest absolute Gasteiger partial charge is 0.305 e. The van der Waals surface area contributed by atoms with Crippen molar-refractivity contribution >= 4 is 11.8 Å². The normalized spacial score (nSPS) is 12.1. The molecule has 76 valence electrons.